The van der Waals surface area contributed by atoms with Crippen LogP contribution in [0.5, 0.6) is 5.75 Å². The number of methoxy groups -OCH3 is 1. The molecule has 0 bridgehead atoms. The van der Waals surface area contributed by atoms with Gasteiger partial charge in [-0.3, -0.25) is 9.89 Å². The number of nitrogens with zero attached hydrogens (tertiary/aromatic N) is 2. The molecule has 160 valence electrons. The molecule has 0 saturated heterocycles. The lowest BCUT2D eigenvalue weighted by Crippen LogP contribution is -2.19. The molecule has 32 heavy (non-hydrogen) atoms. The number of benzene rings is 3. The van der Waals surface area contributed by atoms with E-state index in [4.69, 9.17) is 16.3 Å². The lowest BCUT2D eigenvalue weighted by molar-refractivity contribution is 0.103. The van der Waals surface area contributed by atoms with Crippen molar-refractivity contribution in [3.63, 3.8) is 0 Å². The normalized spacial score (nSPS) is 11.8. The second kappa shape index (κ2) is 7.51. The smallest absolute Gasteiger partial charge is 0.268 e. The van der Waals surface area contributed by atoms with Crippen molar-refractivity contribution in [3.05, 3.63) is 89.2 Å². The summed E-state index contributed by atoms with van der Waals surface area (Å²) >= 11 is 6.48. The van der Waals surface area contributed by atoms with E-state index in [1.54, 1.807) is 54.7 Å². The molecule has 0 unspecified atom stereocenters. The Bertz CT molecular complexity index is 1600. The van der Waals surface area contributed by atoms with Crippen molar-refractivity contribution in [2.24, 2.45) is 0 Å². The van der Waals surface area contributed by atoms with Gasteiger partial charge in [0.15, 0.2) is 0 Å². The van der Waals surface area contributed by atoms with Crippen LogP contribution in [0.25, 0.3) is 21.8 Å². The summed E-state index contributed by atoms with van der Waals surface area (Å²) in [6.45, 7) is 0. The second-order valence-electron chi connectivity index (χ2n) is 7.13. The molecule has 5 aromatic rings. The fourth-order valence-corrected chi connectivity index (χ4v) is 5.52. The molecule has 2 aromatic heterocycles. The largest absolute Gasteiger partial charge is 0.495 e. The maximum Gasteiger partial charge on any atom is 0.268 e. The quantitative estimate of drug-likeness (QED) is 0.381. The zero-order valence-corrected chi connectivity index (χ0v) is 18.3. The first-order chi connectivity index (χ1) is 15.4. The molecule has 0 aliphatic carbocycles. The minimum atomic E-state index is -4.10. The van der Waals surface area contributed by atoms with E-state index in [1.165, 1.54) is 25.3 Å². The van der Waals surface area contributed by atoms with Gasteiger partial charge in [-0.1, -0.05) is 29.8 Å². The number of nitrogens with one attached hydrogen (secondary N) is 1. The Labute approximate surface area is 188 Å². The monoisotopic (exact) mass is 465 g/mol. The van der Waals surface area contributed by atoms with Crippen LogP contribution in [0.1, 0.15) is 16.1 Å². The molecule has 9 heteroatoms. The molecule has 0 saturated carbocycles. The van der Waals surface area contributed by atoms with E-state index in [0.29, 0.717) is 16.7 Å². The van der Waals surface area contributed by atoms with Crippen LogP contribution in [-0.2, 0) is 10.0 Å². The van der Waals surface area contributed by atoms with Crippen LogP contribution >= 0.6 is 11.6 Å². The van der Waals surface area contributed by atoms with Crippen LogP contribution in [0, 0.1) is 0 Å². The minimum absolute atomic E-state index is 0.0261. The highest BCUT2D eigenvalue weighted by Gasteiger charge is 2.28. The summed E-state index contributed by atoms with van der Waals surface area (Å²) in [5.74, 6) is -0.0777. The summed E-state index contributed by atoms with van der Waals surface area (Å²) in [6, 6.07) is 17.6. The van der Waals surface area contributed by atoms with Crippen molar-refractivity contribution in [1.82, 2.24) is 14.2 Å². The summed E-state index contributed by atoms with van der Waals surface area (Å²) in [5.41, 5.74) is 1.36. The van der Waals surface area contributed by atoms with Gasteiger partial charge in [0.2, 0.25) is 5.78 Å². The number of ketones is 1. The summed E-state index contributed by atoms with van der Waals surface area (Å²) in [5, 5.41) is 8.17. The average Bonchev–Trinajstić information content (AvgIpc) is 3.44. The van der Waals surface area contributed by atoms with Crippen molar-refractivity contribution in [2.75, 3.05) is 7.11 Å². The molecule has 0 radical (unpaired) electrons. The third-order valence-corrected chi connectivity index (χ3v) is 7.41. The number of hydrogen-bond acceptors (Lipinski definition) is 5. The number of aromatic nitrogens is 3. The first-order valence-electron chi connectivity index (χ1n) is 9.58. The molecule has 3 aromatic carbocycles. The molecular formula is C23H16ClN3O4S. The van der Waals surface area contributed by atoms with Crippen LogP contribution in [0.4, 0.5) is 0 Å². The maximum absolute atomic E-state index is 13.6. The molecule has 0 amide bonds. The Morgan fingerprint density at radius 3 is 2.59 bits per heavy atom. The van der Waals surface area contributed by atoms with Crippen LogP contribution in [0.2, 0.25) is 5.02 Å². The Balaban J connectivity index is 1.80. The standard InChI is InChI=1S/C23H16ClN3O4S/c1-31-21-10-9-19-17(22(21)24)12-20(27(19)32(29,30)16-5-3-2-4-6-16)23(28)14-7-8-18-15(11-14)13-25-26-18/h2-13H,1H3,(H,25,26). The molecule has 1 N–H and O–H groups in total. The molecule has 0 spiro atoms. The first-order valence-corrected chi connectivity index (χ1v) is 11.4. The summed E-state index contributed by atoms with van der Waals surface area (Å²) < 4.78 is 33.6. The van der Waals surface area contributed by atoms with Crippen molar-refractivity contribution < 1.29 is 17.9 Å². The van der Waals surface area contributed by atoms with E-state index in [2.05, 4.69) is 10.2 Å². The zero-order chi connectivity index (χ0) is 22.5. The van der Waals surface area contributed by atoms with E-state index >= 15 is 0 Å². The second-order valence-corrected chi connectivity index (χ2v) is 9.29. The third kappa shape index (κ3) is 3.07. The number of aromatic amines is 1. The van der Waals surface area contributed by atoms with Crippen LogP contribution < -0.4 is 4.74 Å². The molecule has 0 atom stereocenters. The molecule has 0 aliphatic heterocycles. The van der Waals surface area contributed by atoms with Gasteiger partial charge in [-0.25, -0.2) is 12.4 Å². The van der Waals surface area contributed by atoms with Gasteiger partial charge in [0, 0.05) is 16.3 Å². The Morgan fingerprint density at radius 2 is 1.84 bits per heavy atom. The first kappa shape index (κ1) is 20.3. The summed E-state index contributed by atoms with van der Waals surface area (Å²) in [7, 11) is -2.63. The molecule has 2 heterocycles. The van der Waals surface area contributed by atoms with E-state index in [9.17, 15) is 13.2 Å². The van der Waals surface area contributed by atoms with Gasteiger partial charge in [-0.15, -0.1) is 0 Å². The Hall–Kier alpha value is -3.62. The lowest BCUT2D eigenvalue weighted by Gasteiger charge is -2.12. The molecule has 0 fully saturated rings. The van der Waals surface area contributed by atoms with Gasteiger partial charge in [0.05, 0.1) is 34.3 Å². The van der Waals surface area contributed by atoms with E-state index in [-0.39, 0.29) is 21.1 Å². The SMILES string of the molecule is COc1ccc2c(cc(C(=O)c3ccc4[nH]ncc4c3)n2S(=O)(=O)c2ccccc2)c1Cl. The number of hydrogen-bond donors (Lipinski definition) is 1. The number of halogens is 1. The predicted octanol–water partition coefficient (Wildman–Crippen LogP) is 4.65. The maximum atomic E-state index is 13.6. The van der Waals surface area contributed by atoms with E-state index in [1.807, 2.05) is 0 Å². The number of H-pyrrole nitrogens is 1. The topological polar surface area (TPSA) is 94.1 Å². The number of ether oxygens (including phenoxy) is 1. The predicted molar refractivity (Wildman–Crippen MR) is 122 cm³/mol. The number of rotatable bonds is 5. The van der Waals surface area contributed by atoms with Crippen LogP contribution in [0.15, 0.2) is 77.8 Å². The highest BCUT2D eigenvalue weighted by atomic mass is 35.5. The van der Waals surface area contributed by atoms with Gasteiger partial charge in [-0.05, 0) is 48.5 Å². The Morgan fingerprint density at radius 1 is 1.06 bits per heavy atom. The van der Waals surface area contributed by atoms with Gasteiger partial charge in [0.1, 0.15) is 11.4 Å². The van der Waals surface area contributed by atoms with Crippen molar-refractivity contribution in [2.45, 2.75) is 4.90 Å². The fourth-order valence-electron chi connectivity index (χ4n) is 3.71. The van der Waals surface area contributed by atoms with Crippen LogP contribution in [0.3, 0.4) is 0 Å². The Kier molecular flexibility index (Phi) is 4.76. The van der Waals surface area contributed by atoms with Crippen LogP contribution in [-0.4, -0.2) is 35.5 Å². The number of fused-ring (bicyclic) bond motifs is 2. The zero-order valence-electron chi connectivity index (χ0n) is 16.7. The summed E-state index contributed by atoms with van der Waals surface area (Å²) in [6.07, 6.45) is 1.60. The van der Waals surface area contributed by atoms with Gasteiger partial charge in [-0.2, -0.15) is 5.10 Å². The van der Waals surface area contributed by atoms with E-state index < -0.39 is 15.8 Å². The molecule has 7 nitrogen and oxygen atoms in total. The van der Waals surface area contributed by atoms with E-state index in [0.717, 1.165) is 14.9 Å². The van der Waals surface area contributed by atoms with Crippen molar-refractivity contribution in [1.29, 1.82) is 0 Å². The molecular weight excluding hydrogens is 450 g/mol. The van der Waals surface area contributed by atoms with Gasteiger partial charge < -0.3 is 4.74 Å². The molecule has 5 rings (SSSR count). The van der Waals surface area contributed by atoms with Crippen molar-refractivity contribution >= 4 is 49.2 Å². The number of carbonyl (C=O) groups excluding carboxylic acids is 1. The highest BCUT2D eigenvalue weighted by molar-refractivity contribution is 7.90. The van der Waals surface area contributed by atoms with Crippen molar-refractivity contribution in [3.8, 4) is 5.75 Å². The third-order valence-electron chi connectivity index (χ3n) is 5.28. The minimum Gasteiger partial charge on any atom is -0.495 e. The fraction of sp³-hybridized carbons (Fsp3) is 0.0435. The number of carbonyl (C=O) groups is 1. The highest BCUT2D eigenvalue weighted by Crippen LogP contribution is 2.37. The summed E-state index contributed by atoms with van der Waals surface area (Å²) in [4.78, 5) is 13.6. The molecule has 0 aliphatic rings. The lowest BCUT2D eigenvalue weighted by atomic mass is 10.1. The van der Waals surface area contributed by atoms with Gasteiger partial charge >= 0.3 is 0 Å². The van der Waals surface area contributed by atoms with Gasteiger partial charge in [0.25, 0.3) is 10.0 Å². The average molecular weight is 466 g/mol.